The monoisotopic (exact) mass is 208 g/mol. The molecule has 0 aromatic rings. The molecule has 2 atom stereocenters. The van der Waals surface area contributed by atoms with E-state index in [1.807, 2.05) is 0 Å². The van der Waals surface area contributed by atoms with Crippen molar-refractivity contribution in [2.24, 2.45) is 0 Å². The van der Waals surface area contributed by atoms with Crippen LogP contribution in [0.4, 0.5) is 0 Å². The number of ether oxygens (including phenoxy) is 2. The van der Waals surface area contributed by atoms with Gasteiger partial charge in [-0.25, -0.2) is 0 Å². The molecular weight excluding hydrogens is 188 g/mol. The number of hydrogen-bond acceptors (Lipinski definition) is 2. The van der Waals surface area contributed by atoms with Crippen molar-refractivity contribution in [2.75, 3.05) is 6.61 Å². The van der Waals surface area contributed by atoms with Crippen molar-refractivity contribution in [3.8, 4) is 0 Å². The molecule has 1 aliphatic heterocycles. The summed E-state index contributed by atoms with van der Waals surface area (Å²) >= 11 is 0. The summed E-state index contributed by atoms with van der Waals surface area (Å²) in [6.45, 7) is 7.14. The van der Waals surface area contributed by atoms with Crippen molar-refractivity contribution < 1.29 is 9.47 Å². The molecule has 0 saturated carbocycles. The maximum atomic E-state index is 5.82. The maximum Gasteiger partial charge on any atom is 0.0800 e. The molecule has 0 fully saturated rings. The third-order valence-electron chi connectivity index (χ3n) is 2.99. The Morgan fingerprint density at radius 1 is 1.53 bits per heavy atom. The minimum atomic E-state index is 0.250. The minimum absolute atomic E-state index is 0.250. The van der Waals surface area contributed by atoms with Crippen LogP contribution >= 0.6 is 0 Å². The van der Waals surface area contributed by atoms with Crippen LogP contribution < -0.4 is 0 Å². The molecule has 2 heteroatoms. The lowest BCUT2D eigenvalue weighted by molar-refractivity contribution is 0.0315. The van der Waals surface area contributed by atoms with Crippen molar-refractivity contribution >= 4 is 0 Å². The van der Waals surface area contributed by atoms with Gasteiger partial charge in [-0.2, -0.15) is 0 Å². The first-order chi connectivity index (χ1) is 7.20. The van der Waals surface area contributed by atoms with Crippen molar-refractivity contribution in [3.63, 3.8) is 0 Å². The van der Waals surface area contributed by atoms with Crippen molar-refractivity contribution in [3.05, 3.63) is 23.3 Å². The van der Waals surface area contributed by atoms with E-state index < -0.39 is 0 Å². The predicted octanol–water partition coefficient (Wildman–Crippen LogP) is 2.85. The summed E-state index contributed by atoms with van der Waals surface area (Å²) in [5.41, 5.74) is 2.84. The van der Waals surface area contributed by atoms with E-state index in [-0.39, 0.29) is 6.10 Å². The Hall–Kier alpha value is -0.600. The van der Waals surface area contributed by atoms with Crippen LogP contribution in [0.2, 0.25) is 0 Å². The van der Waals surface area contributed by atoms with Gasteiger partial charge in [0.15, 0.2) is 0 Å². The molecule has 2 aliphatic rings. The molecule has 0 amide bonds. The van der Waals surface area contributed by atoms with Gasteiger partial charge in [-0.05, 0) is 31.4 Å². The van der Waals surface area contributed by atoms with E-state index >= 15 is 0 Å². The first-order valence-electron chi connectivity index (χ1n) is 5.88. The highest BCUT2D eigenvalue weighted by molar-refractivity contribution is 5.37. The van der Waals surface area contributed by atoms with Crippen LogP contribution in [-0.4, -0.2) is 24.9 Å². The summed E-state index contributed by atoms with van der Waals surface area (Å²) in [4.78, 5) is 0. The van der Waals surface area contributed by atoms with E-state index in [2.05, 4.69) is 32.9 Å². The second-order valence-corrected chi connectivity index (χ2v) is 4.54. The Morgan fingerprint density at radius 3 is 3.00 bits per heavy atom. The summed E-state index contributed by atoms with van der Waals surface area (Å²) < 4.78 is 11.5. The van der Waals surface area contributed by atoms with Gasteiger partial charge in [-0.3, -0.25) is 0 Å². The van der Waals surface area contributed by atoms with Gasteiger partial charge < -0.3 is 9.47 Å². The fraction of sp³-hybridized carbons (Fsp3) is 0.692. The van der Waals surface area contributed by atoms with E-state index in [0.717, 1.165) is 19.4 Å². The molecule has 0 aromatic carbocycles. The van der Waals surface area contributed by atoms with Gasteiger partial charge in [0.25, 0.3) is 0 Å². The van der Waals surface area contributed by atoms with Crippen LogP contribution in [-0.2, 0) is 9.47 Å². The van der Waals surface area contributed by atoms with Gasteiger partial charge in [0, 0.05) is 6.42 Å². The Labute approximate surface area is 92.0 Å². The summed E-state index contributed by atoms with van der Waals surface area (Å²) in [7, 11) is 0. The predicted molar refractivity (Wildman–Crippen MR) is 60.8 cm³/mol. The first-order valence-corrected chi connectivity index (χ1v) is 5.88. The average molecular weight is 208 g/mol. The molecule has 0 saturated heterocycles. The molecule has 2 rings (SSSR count). The number of hydrogen-bond donors (Lipinski definition) is 0. The SMILES string of the molecule is CCC1OCC2=C1CC(OC(C)C)C=C2. The van der Waals surface area contributed by atoms with E-state index in [9.17, 15) is 0 Å². The summed E-state index contributed by atoms with van der Waals surface area (Å²) in [5.74, 6) is 0. The molecule has 2 nitrogen and oxygen atoms in total. The largest absolute Gasteiger partial charge is 0.371 e. The molecule has 2 unspecified atom stereocenters. The quantitative estimate of drug-likeness (QED) is 0.710. The van der Waals surface area contributed by atoms with Crippen molar-refractivity contribution in [1.82, 2.24) is 0 Å². The molecule has 1 heterocycles. The van der Waals surface area contributed by atoms with Crippen LogP contribution in [0.5, 0.6) is 0 Å². The topological polar surface area (TPSA) is 18.5 Å². The highest BCUT2D eigenvalue weighted by Crippen LogP contribution is 2.32. The summed E-state index contributed by atoms with van der Waals surface area (Å²) in [5, 5.41) is 0. The molecule has 1 aliphatic carbocycles. The Kier molecular flexibility index (Phi) is 3.27. The van der Waals surface area contributed by atoms with Gasteiger partial charge in [0.05, 0.1) is 24.9 Å². The normalized spacial score (nSPS) is 30.1. The van der Waals surface area contributed by atoms with Gasteiger partial charge in [0.1, 0.15) is 0 Å². The van der Waals surface area contributed by atoms with Gasteiger partial charge >= 0.3 is 0 Å². The maximum absolute atomic E-state index is 5.82. The minimum Gasteiger partial charge on any atom is -0.371 e. The second kappa shape index (κ2) is 4.50. The molecule has 0 bridgehead atoms. The van der Waals surface area contributed by atoms with Crippen LogP contribution in [0.15, 0.2) is 23.3 Å². The van der Waals surface area contributed by atoms with E-state index in [1.54, 1.807) is 0 Å². The fourth-order valence-electron chi connectivity index (χ4n) is 2.32. The third-order valence-corrected chi connectivity index (χ3v) is 2.99. The summed E-state index contributed by atoms with van der Waals surface area (Å²) in [6.07, 6.45) is 7.32. The van der Waals surface area contributed by atoms with Crippen LogP contribution in [0.25, 0.3) is 0 Å². The lowest BCUT2D eigenvalue weighted by atomic mass is 9.93. The zero-order valence-electron chi connectivity index (χ0n) is 9.82. The lowest BCUT2D eigenvalue weighted by Crippen LogP contribution is -2.21. The van der Waals surface area contributed by atoms with Crippen LogP contribution in [0.3, 0.4) is 0 Å². The lowest BCUT2D eigenvalue weighted by Gasteiger charge is -2.23. The zero-order chi connectivity index (χ0) is 10.8. The first kappa shape index (κ1) is 10.9. The van der Waals surface area contributed by atoms with Crippen LogP contribution in [0, 0.1) is 0 Å². The van der Waals surface area contributed by atoms with Gasteiger partial charge in [0.2, 0.25) is 0 Å². The highest BCUT2D eigenvalue weighted by atomic mass is 16.5. The van der Waals surface area contributed by atoms with Gasteiger partial charge in [-0.15, -0.1) is 0 Å². The Bertz CT molecular complexity index is 289. The van der Waals surface area contributed by atoms with Crippen molar-refractivity contribution in [2.45, 2.75) is 51.9 Å². The average Bonchev–Trinajstić information content (AvgIpc) is 2.59. The van der Waals surface area contributed by atoms with E-state index in [0.29, 0.717) is 12.2 Å². The number of rotatable bonds is 3. The van der Waals surface area contributed by atoms with E-state index in [4.69, 9.17) is 9.47 Å². The highest BCUT2D eigenvalue weighted by Gasteiger charge is 2.28. The molecule has 0 radical (unpaired) electrons. The fourth-order valence-corrected chi connectivity index (χ4v) is 2.32. The Morgan fingerprint density at radius 2 is 2.33 bits per heavy atom. The molecular formula is C13H20O2. The summed E-state index contributed by atoms with van der Waals surface area (Å²) in [6, 6.07) is 0. The molecule has 84 valence electrons. The van der Waals surface area contributed by atoms with Gasteiger partial charge in [-0.1, -0.05) is 19.1 Å². The van der Waals surface area contributed by atoms with E-state index in [1.165, 1.54) is 11.1 Å². The van der Waals surface area contributed by atoms with Crippen LogP contribution in [0.1, 0.15) is 33.6 Å². The smallest absolute Gasteiger partial charge is 0.0800 e. The third kappa shape index (κ3) is 2.32. The Balaban J connectivity index is 2.03. The zero-order valence-corrected chi connectivity index (χ0v) is 9.82. The molecule has 0 spiro atoms. The molecule has 0 N–H and O–H groups in total. The molecule has 15 heavy (non-hydrogen) atoms. The standard InChI is InChI=1S/C13H20O2/c1-4-13-12-7-11(15-9(2)3)6-5-10(12)8-14-13/h5-6,9,11,13H,4,7-8H2,1-3H3. The molecule has 0 aromatic heterocycles. The van der Waals surface area contributed by atoms with Crippen molar-refractivity contribution in [1.29, 1.82) is 0 Å². The second-order valence-electron chi connectivity index (χ2n) is 4.54.